The van der Waals surface area contributed by atoms with Crippen LogP contribution in [-0.4, -0.2) is 44.0 Å². The average Bonchev–Trinajstić information content (AvgIpc) is 2.78. The van der Waals surface area contributed by atoms with Crippen LogP contribution in [0.25, 0.3) is 0 Å². The SMILES string of the molecule is COC(=O)[C@H](CN[C@H](C)c1ccc(C)cc1C)NC(=O)CNC(=O)c1cccc(C(F)(F)F)c1. The zero-order valence-electron chi connectivity index (χ0n) is 19.4. The van der Waals surface area contributed by atoms with E-state index in [2.05, 4.69) is 16.0 Å². The third-order valence-corrected chi connectivity index (χ3v) is 5.20. The predicted molar refractivity (Wildman–Crippen MR) is 120 cm³/mol. The number of nitrogens with one attached hydrogen (secondary N) is 3. The molecule has 0 saturated carbocycles. The highest BCUT2D eigenvalue weighted by atomic mass is 19.4. The van der Waals surface area contributed by atoms with Gasteiger partial charge in [0.05, 0.1) is 19.2 Å². The number of rotatable bonds is 9. The summed E-state index contributed by atoms with van der Waals surface area (Å²) in [4.78, 5) is 36.6. The summed E-state index contributed by atoms with van der Waals surface area (Å²) in [5.41, 5.74) is 2.03. The normalized spacial score (nSPS) is 13.0. The second-order valence-corrected chi connectivity index (χ2v) is 7.89. The Morgan fingerprint density at radius 1 is 1.06 bits per heavy atom. The van der Waals surface area contributed by atoms with Gasteiger partial charge in [-0.1, -0.05) is 29.8 Å². The van der Waals surface area contributed by atoms with Crippen LogP contribution in [0.2, 0.25) is 0 Å². The number of hydrogen-bond donors (Lipinski definition) is 3. The number of ether oxygens (including phenoxy) is 1. The first-order valence-corrected chi connectivity index (χ1v) is 10.6. The lowest BCUT2D eigenvalue weighted by Gasteiger charge is -2.22. The molecule has 0 bridgehead atoms. The van der Waals surface area contributed by atoms with Crippen LogP contribution in [0, 0.1) is 13.8 Å². The highest BCUT2D eigenvalue weighted by Gasteiger charge is 2.31. The summed E-state index contributed by atoms with van der Waals surface area (Å²) in [5.74, 6) is -2.23. The molecule has 2 amide bonds. The van der Waals surface area contributed by atoms with Crippen LogP contribution in [0.15, 0.2) is 42.5 Å². The molecule has 34 heavy (non-hydrogen) atoms. The van der Waals surface area contributed by atoms with Crippen molar-refractivity contribution in [2.75, 3.05) is 20.2 Å². The number of carbonyl (C=O) groups is 3. The van der Waals surface area contributed by atoms with Gasteiger partial charge in [-0.15, -0.1) is 0 Å². The van der Waals surface area contributed by atoms with E-state index in [1.54, 1.807) is 0 Å². The third kappa shape index (κ3) is 7.58. The molecular weight excluding hydrogens is 451 g/mol. The van der Waals surface area contributed by atoms with E-state index in [1.807, 2.05) is 39.0 Å². The van der Waals surface area contributed by atoms with Crippen LogP contribution in [0.1, 0.15) is 45.6 Å². The molecule has 2 atom stereocenters. The molecule has 184 valence electrons. The summed E-state index contributed by atoms with van der Waals surface area (Å²) in [6, 6.07) is 8.71. The van der Waals surface area contributed by atoms with Crippen molar-refractivity contribution in [2.24, 2.45) is 0 Å². The highest BCUT2D eigenvalue weighted by Crippen LogP contribution is 2.29. The van der Waals surface area contributed by atoms with Gasteiger partial charge in [0.1, 0.15) is 6.04 Å². The first-order chi connectivity index (χ1) is 15.9. The first kappa shape index (κ1) is 26.8. The van der Waals surface area contributed by atoms with Crippen molar-refractivity contribution in [3.63, 3.8) is 0 Å². The van der Waals surface area contributed by atoms with Crippen molar-refractivity contribution in [1.82, 2.24) is 16.0 Å². The molecule has 7 nitrogen and oxygen atoms in total. The monoisotopic (exact) mass is 479 g/mol. The molecule has 0 radical (unpaired) electrons. The molecule has 0 fully saturated rings. The van der Waals surface area contributed by atoms with Gasteiger partial charge in [0.25, 0.3) is 5.91 Å². The number of esters is 1. The Balaban J connectivity index is 1.95. The minimum Gasteiger partial charge on any atom is -0.467 e. The van der Waals surface area contributed by atoms with Crippen LogP contribution < -0.4 is 16.0 Å². The van der Waals surface area contributed by atoms with Gasteiger partial charge in [-0.3, -0.25) is 9.59 Å². The fraction of sp³-hybridized carbons (Fsp3) is 0.375. The van der Waals surface area contributed by atoms with Crippen molar-refractivity contribution >= 4 is 17.8 Å². The van der Waals surface area contributed by atoms with Gasteiger partial charge in [-0.05, 0) is 50.1 Å². The third-order valence-electron chi connectivity index (χ3n) is 5.20. The first-order valence-electron chi connectivity index (χ1n) is 10.6. The van der Waals surface area contributed by atoms with Gasteiger partial charge in [0.2, 0.25) is 5.91 Å². The van der Waals surface area contributed by atoms with Crippen LogP contribution in [0.5, 0.6) is 0 Å². The highest BCUT2D eigenvalue weighted by molar-refractivity contribution is 5.97. The van der Waals surface area contributed by atoms with E-state index < -0.39 is 42.1 Å². The molecule has 3 N–H and O–H groups in total. The Kier molecular flexibility index (Phi) is 9.19. The Morgan fingerprint density at radius 2 is 1.76 bits per heavy atom. The maximum atomic E-state index is 12.8. The molecule has 0 aliphatic heterocycles. The van der Waals surface area contributed by atoms with Gasteiger partial charge in [0.15, 0.2) is 0 Å². The molecule has 0 unspecified atom stereocenters. The number of amides is 2. The lowest BCUT2D eigenvalue weighted by atomic mass is 10.00. The fourth-order valence-corrected chi connectivity index (χ4v) is 3.40. The van der Waals surface area contributed by atoms with E-state index in [0.717, 1.165) is 28.8 Å². The quantitative estimate of drug-likeness (QED) is 0.481. The summed E-state index contributed by atoms with van der Waals surface area (Å²) < 4.78 is 43.2. The molecule has 2 rings (SSSR count). The number of halogens is 3. The number of methoxy groups -OCH3 is 1. The van der Waals surface area contributed by atoms with Crippen LogP contribution in [0.4, 0.5) is 13.2 Å². The molecule has 2 aromatic rings. The van der Waals surface area contributed by atoms with Gasteiger partial charge in [0, 0.05) is 18.2 Å². The van der Waals surface area contributed by atoms with Gasteiger partial charge >= 0.3 is 12.1 Å². The van der Waals surface area contributed by atoms with Crippen molar-refractivity contribution in [2.45, 2.75) is 39.0 Å². The standard InChI is InChI=1S/C24H28F3N3O4/c1-14-8-9-19(15(2)10-14)16(3)28-12-20(23(33)34-4)30-21(31)13-29-22(32)17-6-5-7-18(11-17)24(25,26)27/h5-11,16,20,28H,12-13H2,1-4H3,(H,29,32)(H,30,31)/t16-,20+/m1/s1. The van der Waals surface area contributed by atoms with E-state index in [0.29, 0.717) is 6.07 Å². The summed E-state index contributed by atoms with van der Waals surface area (Å²) in [6.07, 6.45) is -4.59. The lowest BCUT2D eigenvalue weighted by Crippen LogP contribution is -2.50. The second-order valence-electron chi connectivity index (χ2n) is 7.89. The minimum absolute atomic E-state index is 0.0640. The number of aryl methyl sites for hydroxylation is 2. The minimum atomic E-state index is -4.59. The molecule has 2 aromatic carbocycles. The van der Waals surface area contributed by atoms with Gasteiger partial charge in [-0.25, -0.2) is 4.79 Å². The second kappa shape index (κ2) is 11.6. The van der Waals surface area contributed by atoms with Crippen LogP contribution in [-0.2, 0) is 20.5 Å². The summed E-state index contributed by atoms with van der Waals surface area (Å²) in [5, 5.41) is 7.90. The van der Waals surface area contributed by atoms with Gasteiger partial charge < -0.3 is 20.7 Å². The zero-order chi connectivity index (χ0) is 25.5. The maximum Gasteiger partial charge on any atom is 0.416 e. The summed E-state index contributed by atoms with van der Waals surface area (Å²) >= 11 is 0. The van der Waals surface area contributed by atoms with Crippen molar-refractivity contribution in [3.05, 3.63) is 70.3 Å². The van der Waals surface area contributed by atoms with Gasteiger partial charge in [-0.2, -0.15) is 13.2 Å². The summed E-state index contributed by atoms with van der Waals surface area (Å²) in [6.45, 7) is 5.42. The Hall–Kier alpha value is -3.40. The van der Waals surface area contributed by atoms with E-state index in [1.165, 1.54) is 13.2 Å². The molecular formula is C24H28F3N3O4. The summed E-state index contributed by atoms with van der Waals surface area (Å²) in [7, 11) is 1.18. The molecule has 0 aromatic heterocycles. The molecule has 0 aliphatic carbocycles. The Labute approximate surface area is 196 Å². The number of carbonyl (C=O) groups excluding carboxylic acids is 3. The fourth-order valence-electron chi connectivity index (χ4n) is 3.40. The van der Waals surface area contributed by atoms with E-state index in [4.69, 9.17) is 4.74 Å². The predicted octanol–water partition coefficient (Wildman–Crippen LogP) is 3.06. The number of benzene rings is 2. The van der Waals surface area contributed by atoms with Crippen molar-refractivity contribution < 1.29 is 32.3 Å². The lowest BCUT2D eigenvalue weighted by molar-refractivity contribution is -0.144. The number of hydrogen-bond acceptors (Lipinski definition) is 5. The maximum absolute atomic E-state index is 12.8. The molecule has 10 heteroatoms. The molecule has 0 heterocycles. The van der Waals surface area contributed by atoms with Crippen LogP contribution in [0.3, 0.4) is 0 Å². The largest absolute Gasteiger partial charge is 0.467 e. The van der Waals surface area contributed by atoms with Crippen LogP contribution >= 0.6 is 0 Å². The molecule has 0 spiro atoms. The Morgan fingerprint density at radius 3 is 2.38 bits per heavy atom. The van der Waals surface area contributed by atoms with E-state index in [9.17, 15) is 27.6 Å². The molecule has 0 aliphatic rings. The van der Waals surface area contributed by atoms with E-state index in [-0.39, 0.29) is 18.2 Å². The Bertz CT molecular complexity index is 1040. The topological polar surface area (TPSA) is 96.5 Å². The zero-order valence-corrected chi connectivity index (χ0v) is 19.4. The smallest absolute Gasteiger partial charge is 0.416 e. The van der Waals surface area contributed by atoms with Crippen molar-refractivity contribution in [1.29, 1.82) is 0 Å². The van der Waals surface area contributed by atoms with Crippen molar-refractivity contribution in [3.8, 4) is 0 Å². The molecule has 0 saturated heterocycles. The average molecular weight is 479 g/mol. The number of alkyl halides is 3. The van der Waals surface area contributed by atoms with E-state index >= 15 is 0 Å².